The van der Waals surface area contributed by atoms with E-state index >= 15 is 0 Å². The monoisotopic (exact) mass is 267 g/mol. The fraction of sp³-hybridized carbons (Fsp3) is 0.500. The zero-order valence-corrected chi connectivity index (χ0v) is 10.7. The Hall–Kier alpha value is -1.62. The van der Waals surface area contributed by atoms with E-state index in [4.69, 9.17) is 4.74 Å². The molecule has 0 bridgehead atoms. The molecule has 2 rings (SSSR count). The first-order valence-electron chi connectivity index (χ1n) is 6.51. The summed E-state index contributed by atoms with van der Waals surface area (Å²) in [5.74, 6) is -0.781. The standard InChI is InChI=1S/C14H18FNO3/c15-13-4-3-11(17)8-12(13)14(18)16-6-5-10-2-1-7-19-9-10/h3-4,8,10,17H,1-2,5-7,9H2,(H,16,18). The van der Waals surface area contributed by atoms with Crippen molar-refractivity contribution in [3.8, 4) is 5.75 Å². The number of phenols is 1. The van der Waals surface area contributed by atoms with Crippen LogP contribution in [-0.2, 0) is 4.74 Å². The maximum absolute atomic E-state index is 13.4. The van der Waals surface area contributed by atoms with E-state index in [1.807, 2.05) is 0 Å². The van der Waals surface area contributed by atoms with Crippen LogP contribution in [0.4, 0.5) is 4.39 Å². The number of carbonyl (C=O) groups excluding carboxylic acids is 1. The van der Waals surface area contributed by atoms with Gasteiger partial charge in [0.1, 0.15) is 11.6 Å². The van der Waals surface area contributed by atoms with Crippen molar-refractivity contribution in [1.29, 1.82) is 0 Å². The minimum atomic E-state index is -0.628. The Morgan fingerprint density at radius 1 is 1.53 bits per heavy atom. The normalized spacial score (nSPS) is 19.1. The van der Waals surface area contributed by atoms with Gasteiger partial charge in [-0.15, -0.1) is 0 Å². The topological polar surface area (TPSA) is 58.6 Å². The van der Waals surface area contributed by atoms with Crippen molar-refractivity contribution in [3.05, 3.63) is 29.6 Å². The summed E-state index contributed by atoms with van der Waals surface area (Å²) in [6, 6.07) is 3.43. The highest BCUT2D eigenvalue weighted by molar-refractivity contribution is 5.94. The van der Waals surface area contributed by atoms with Gasteiger partial charge in [0.15, 0.2) is 0 Å². The number of aromatic hydroxyl groups is 1. The lowest BCUT2D eigenvalue weighted by Gasteiger charge is -2.21. The fourth-order valence-corrected chi connectivity index (χ4v) is 2.21. The van der Waals surface area contributed by atoms with Gasteiger partial charge in [-0.1, -0.05) is 0 Å². The third-order valence-corrected chi connectivity index (χ3v) is 3.29. The van der Waals surface area contributed by atoms with Crippen molar-refractivity contribution in [2.24, 2.45) is 5.92 Å². The van der Waals surface area contributed by atoms with E-state index in [9.17, 15) is 14.3 Å². The lowest BCUT2D eigenvalue weighted by molar-refractivity contribution is 0.0514. The number of nitrogens with one attached hydrogen (secondary N) is 1. The third-order valence-electron chi connectivity index (χ3n) is 3.29. The van der Waals surface area contributed by atoms with Crippen molar-refractivity contribution in [1.82, 2.24) is 5.32 Å². The van der Waals surface area contributed by atoms with Crippen molar-refractivity contribution in [2.75, 3.05) is 19.8 Å². The Labute approximate surface area is 111 Å². The minimum absolute atomic E-state index is 0.118. The van der Waals surface area contributed by atoms with Crippen LogP contribution >= 0.6 is 0 Å². The van der Waals surface area contributed by atoms with Crippen LogP contribution in [0.3, 0.4) is 0 Å². The van der Waals surface area contributed by atoms with E-state index in [0.29, 0.717) is 12.5 Å². The molecule has 0 saturated carbocycles. The highest BCUT2D eigenvalue weighted by atomic mass is 19.1. The molecule has 1 heterocycles. The predicted octanol–water partition coefficient (Wildman–Crippen LogP) is 2.08. The minimum Gasteiger partial charge on any atom is -0.508 e. The summed E-state index contributed by atoms with van der Waals surface area (Å²) in [6.45, 7) is 2.04. The second-order valence-electron chi connectivity index (χ2n) is 4.79. The number of hydrogen-bond acceptors (Lipinski definition) is 3. The van der Waals surface area contributed by atoms with Gasteiger partial charge in [-0.3, -0.25) is 4.79 Å². The van der Waals surface area contributed by atoms with Gasteiger partial charge in [-0.2, -0.15) is 0 Å². The highest BCUT2D eigenvalue weighted by Gasteiger charge is 2.15. The van der Waals surface area contributed by atoms with Crippen molar-refractivity contribution < 1.29 is 19.0 Å². The zero-order chi connectivity index (χ0) is 13.7. The largest absolute Gasteiger partial charge is 0.508 e. The van der Waals surface area contributed by atoms with Gasteiger partial charge in [0.05, 0.1) is 5.56 Å². The first kappa shape index (κ1) is 13.8. The molecule has 1 aromatic rings. The fourth-order valence-electron chi connectivity index (χ4n) is 2.21. The second-order valence-corrected chi connectivity index (χ2v) is 4.79. The average Bonchev–Trinajstić information content (AvgIpc) is 2.42. The van der Waals surface area contributed by atoms with Gasteiger partial charge in [0, 0.05) is 19.8 Å². The summed E-state index contributed by atoms with van der Waals surface area (Å²) >= 11 is 0. The number of phenolic OH excluding ortho intramolecular Hbond substituents is 1. The molecule has 1 amide bonds. The zero-order valence-electron chi connectivity index (χ0n) is 10.7. The van der Waals surface area contributed by atoms with Gasteiger partial charge in [0.2, 0.25) is 0 Å². The van der Waals surface area contributed by atoms with Crippen LogP contribution in [0.2, 0.25) is 0 Å². The molecule has 1 unspecified atom stereocenters. The molecule has 0 aromatic heterocycles. The van der Waals surface area contributed by atoms with Gasteiger partial charge < -0.3 is 15.2 Å². The molecule has 0 radical (unpaired) electrons. The van der Waals surface area contributed by atoms with E-state index in [1.165, 1.54) is 6.07 Å². The lowest BCUT2D eigenvalue weighted by atomic mass is 9.99. The molecule has 4 nitrogen and oxygen atoms in total. The van der Waals surface area contributed by atoms with Crippen molar-refractivity contribution >= 4 is 5.91 Å². The Bertz CT molecular complexity index is 444. The smallest absolute Gasteiger partial charge is 0.254 e. The molecule has 2 N–H and O–H groups in total. The summed E-state index contributed by atoms with van der Waals surface area (Å²) in [5, 5.41) is 11.9. The van der Waals surface area contributed by atoms with E-state index in [1.54, 1.807) is 0 Å². The molecule has 104 valence electrons. The number of hydrogen-bond donors (Lipinski definition) is 2. The van der Waals surface area contributed by atoms with Gasteiger partial charge in [0.25, 0.3) is 5.91 Å². The van der Waals surface area contributed by atoms with Crippen LogP contribution in [-0.4, -0.2) is 30.8 Å². The van der Waals surface area contributed by atoms with Crippen molar-refractivity contribution in [2.45, 2.75) is 19.3 Å². The maximum atomic E-state index is 13.4. The maximum Gasteiger partial charge on any atom is 0.254 e. The molecule has 0 spiro atoms. The second kappa shape index (κ2) is 6.52. The van der Waals surface area contributed by atoms with E-state index in [0.717, 1.165) is 44.6 Å². The molecule has 0 aliphatic carbocycles. The molecule has 1 aliphatic rings. The van der Waals surface area contributed by atoms with E-state index in [-0.39, 0.29) is 11.3 Å². The molecule has 5 heteroatoms. The van der Waals surface area contributed by atoms with Crippen LogP contribution in [0.15, 0.2) is 18.2 Å². The number of rotatable bonds is 4. The Morgan fingerprint density at radius 2 is 2.37 bits per heavy atom. The number of benzene rings is 1. The van der Waals surface area contributed by atoms with Crippen LogP contribution in [0.1, 0.15) is 29.6 Å². The highest BCUT2D eigenvalue weighted by Crippen LogP contribution is 2.17. The first-order valence-corrected chi connectivity index (χ1v) is 6.51. The van der Waals surface area contributed by atoms with Crippen LogP contribution in [0.5, 0.6) is 5.75 Å². The molecule has 1 aliphatic heterocycles. The summed E-state index contributed by atoms with van der Waals surface area (Å²) in [4.78, 5) is 11.8. The van der Waals surface area contributed by atoms with Crippen LogP contribution in [0, 0.1) is 11.7 Å². The first-order chi connectivity index (χ1) is 9.16. The summed E-state index contributed by atoms with van der Waals surface area (Å²) in [5.41, 5.74) is -0.125. The number of carbonyl (C=O) groups is 1. The summed E-state index contributed by atoms with van der Waals surface area (Å²) in [7, 11) is 0. The van der Waals surface area contributed by atoms with Gasteiger partial charge >= 0.3 is 0 Å². The molecule has 19 heavy (non-hydrogen) atoms. The average molecular weight is 267 g/mol. The van der Waals surface area contributed by atoms with Crippen LogP contribution in [0.25, 0.3) is 0 Å². The number of halogens is 1. The Kier molecular flexibility index (Phi) is 4.74. The summed E-state index contributed by atoms with van der Waals surface area (Å²) in [6.07, 6.45) is 2.99. The molecule has 1 atom stereocenters. The molecule has 1 fully saturated rings. The van der Waals surface area contributed by atoms with Crippen LogP contribution < -0.4 is 5.32 Å². The third kappa shape index (κ3) is 3.92. The Morgan fingerprint density at radius 3 is 3.11 bits per heavy atom. The number of ether oxygens (including phenoxy) is 1. The predicted molar refractivity (Wildman–Crippen MR) is 68.6 cm³/mol. The van der Waals surface area contributed by atoms with Gasteiger partial charge in [-0.25, -0.2) is 4.39 Å². The SMILES string of the molecule is O=C(NCCC1CCCOC1)c1cc(O)ccc1F. The molecule has 1 saturated heterocycles. The van der Waals surface area contributed by atoms with E-state index in [2.05, 4.69) is 5.32 Å². The van der Waals surface area contributed by atoms with Gasteiger partial charge in [-0.05, 0) is 43.4 Å². The number of amides is 1. The lowest BCUT2D eigenvalue weighted by Crippen LogP contribution is -2.28. The quantitative estimate of drug-likeness (QED) is 0.878. The van der Waals surface area contributed by atoms with Crippen molar-refractivity contribution in [3.63, 3.8) is 0 Å². The summed E-state index contributed by atoms with van der Waals surface area (Å²) < 4.78 is 18.8. The molecular weight excluding hydrogens is 249 g/mol. The molecule has 1 aromatic carbocycles. The molecular formula is C14H18FNO3. The van der Waals surface area contributed by atoms with E-state index < -0.39 is 11.7 Å². The Balaban J connectivity index is 1.82.